The van der Waals surface area contributed by atoms with Crippen LogP contribution in [-0.4, -0.2) is 18.2 Å². The summed E-state index contributed by atoms with van der Waals surface area (Å²) in [5, 5.41) is 4.32. The van der Waals surface area contributed by atoms with Crippen LogP contribution in [0.5, 0.6) is 5.75 Å². The van der Waals surface area contributed by atoms with Crippen molar-refractivity contribution in [1.29, 1.82) is 0 Å². The molecular weight excluding hydrogens is 348 g/mol. The summed E-state index contributed by atoms with van der Waals surface area (Å²) in [5.41, 5.74) is 6.26. The third-order valence-electron chi connectivity index (χ3n) is 4.44. The summed E-state index contributed by atoms with van der Waals surface area (Å²) in [6.45, 7) is 4.45. The molecule has 4 heteroatoms. The molecule has 28 heavy (non-hydrogen) atoms. The lowest BCUT2D eigenvalue weighted by molar-refractivity contribution is -0.121. The first-order chi connectivity index (χ1) is 13.7. The molecular formula is C24H24N2O2. The van der Waals surface area contributed by atoms with Gasteiger partial charge >= 0.3 is 0 Å². The summed E-state index contributed by atoms with van der Waals surface area (Å²) < 4.78 is 5.46. The molecule has 0 saturated heterocycles. The average Bonchev–Trinajstić information content (AvgIpc) is 2.74. The van der Waals surface area contributed by atoms with Gasteiger partial charge in [0.15, 0.2) is 0 Å². The molecule has 0 saturated carbocycles. The van der Waals surface area contributed by atoms with Crippen molar-refractivity contribution < 1.29 is 9.53 Å². The molecule has 0 bridgehead atoms. The van der Waals surface area contributed by atoms with Crippen molar-refractivity contribution in [1.82, 2.24) is 5.43 Å². The number of nitrogens with zero attached hydrogens (tertiary/aromatic N) is 1. The maximum atomic E-state index is 13.0. The molecule has 0 atom stereocenters. The second-order valence-corrected chi connectivity index (χ2v) is 6.39. The minimum Gasteiger partial charge on any atom is -0.494 e. The average molecular weight is 372 g/mol. The van der Waals surface area contributed by atoms with Gasteiger partial charge < -0.3 is 4.74 Å². The highest BCUT2D eigenvalue weighted by atomic mass is 16.5. The first-order valence-electron chi connectivity index (χ1n) is 9.36. The van der Waals surface area contributed by atoms with Crippen molar-refractivity contribution in [2.24, 2.45) is 5.10 Å². The van der Waals surface area contributed by atoms with E-state index in [0.29, 0.717) is 6.61 Å². The second kappa shape index (κ2) is 9.51. The van der Waals surface area contributed by atoms with E-state index < -0.39 is 5.92 Å². The zero-order valence-corrected chi connectivity index (χ0v) is 16.1. The van der Waals surface area contributed by atoms with Crippen LogP contribution in [0.15, 0.2) is 90.0 Å². The quantitative estimate of drug-likeness (QED) is 0.480. The Kier molecular flexibility index (Phi) is 6.58. The van der Waals surface area contributed by atoms with Crippen molar-refractivity contribution in [2.75, 3.05) is 6.61 Å². The number of hydrogen-bond acceptors (Lipinski definition) is 3. The Bertz CT molecular complexity index is 880. The number of nitrogens with one attached hydrogen (secondary N) is 1. The Morgan fingerprint density at radius 3 is 1.93 bits per heavy atom. The van der Waals surface area contributed by atoms with Gasteiger partial charge in [-0.15, -0.1) is 0 Å². The van der Waals surface area contributed by atoms with Crippen LogP contribution in [0.2, 0.25) is 0 Å². The number of carbonyl (C=O) groups excluding carboxylic acids is 1. The highest BCUT2D eigenvalue weighted by Gasteiger charge is 2.22. The highest BCUT2D eigenvalue weighted by Crippen LogP contribution is 2.24. The maximum absolute atomic E-state index is 13.0. The highest BCUT2D eigenvalue weighted by molar-refractivity contribution is 5.99. The molecule has 1 amide bonds. The Balaban J connectivity index is 1.79. The standard InChI is InChI=1S/C24H24N2O2/c1-3-28-22-16-14-19(15-17-22)18(2)25-26-24(27)23(20-10-6-4-7-11-20)21-12-8-5-9-13-21/h4-17,23H,3H2,1-2H3,(H,26,27)/b25-18-. The largest absolute Gasteiger partial charge is 0.494 e. The predicted molar refractivity (Wildman–Crippen MR) is 113 cm³/mol. The fraction of sp³-hybridized carbons (Fsp3) is 0.167. The Labute approximate surface area is 165 Å². The number of carbonyl (C=O) groups is 1. The molecule has 0 unspecified atom stereocenters. The minimum absolute atomic E-state index is 0.164. The molecule has 4 nitrogen and oxygen atoms in total. The van der Waals surface area contributed by atoms with Crippen LogP contribution >= 0.6 is 0 Å². The van der Waals surface area contributed by atoms with Gasteiger partial charge in [0.2, 0.25) is 0 Å². The van der Waals surface area contributed by atoms with E-state index >= 15 is 0 Å². The molecule has 3 aromatic carbocycles. The van der Waals surface area contributed by atoms with Gasteiger partial charge in [0.1, 0.15) is 5.75 Å². The number of rotatable bonds is 7. The van der Waals surface area contributed by atoms with Crippen molar-refractivity contribution in [3.05, 3.63) is 102 Å². The number of ether oxygens (including phenoxy) is 1. The smallest absolute Gasteiger partial charge is 0.252 e. The zero-order valence-electron chi connectivity index (χ0n) is 16.1. The first-order valence-corrected chi connectivity index (χ1v) is 9.36. The normalized spacial score (nSPS) is 11.3. The van der Waals surface area contributed by atoms with Gasteiger partial charge in [0.25, 0.3) is 5.91 Å². The van der Waals surface area contributed by atoms with Crippen LogP contribution in [0.1, 0.15) is 36.5 Å². The van der Waals surface area contributed by atoms with E-state index in [-0.39, 0.29) is 5.91 Å². The predicted octanol–water partition coefficient (Wildman–Crippen LogP) is 4.76. The topological polar surface area (TPSA) is 50.7 Å². The SMILES string of the molecule is CCOc1ccc(/C(C)=N\NC(=O)C(c2ccccc2)c2ccccc2)cc1. The number of hydrazone groups is 1. The first kappa shape index (κ1) is 19.4. The Hall–Kier alpha value is -3.40. The van der Waals surface area contributed by atoms with E-state index in [1.54, 1.807) is 0 Å². The van der Waals surface area contributed by atoms with Gasteiger partial charge in [-0.1, -0.05) is 60.7 Å². The lowest BCUT2D eigenvalue weighted by Crippen LogP contribution is -2.27. The molecule has 0 aliphatic carbocycles. The summed E-state index contributed by atoms with van der Waals surface area (Å²) >= 11 is 0. The summed E-state index contributed by atoms with van der Waals surface area (Å²) in [5.74, 6) is 0.235. The molecule has 0 spiro atoms. The summed E-state index contributed by atoms with van der Waals surface area (Å²) in [4.78, 5) is 13.0. The number of hydrogen-bond donors (Lipinski definition) is 1. The van der Waals surface area contributed by atoms with Gasteiger partial charge in [0, 0.05) is 0 Å². The van der Waals surface area contributed by atoms with Crippen LogP contribution in [0.4, 0.5) is 0 Å². The monoisotopic (exact) mass is 372 g/mol. The van der Waals surface area contributed by atoms with Gasteiger partial charge in [-0.05, 0) is 54.8 Å². The fourth-order valence-corrected chi connectivity index (χ4v) is 3.01. The Morgan fingerprint density at radius 1 is 0.893 bits per heavy atom. The lowest BCUT2D eigenvalue weighted by atomic mass is 9.91. The van der Waals surface area contributed by atoms with E-state index in [9.17, 15) is 4.79 Å². The van der Waals surface area contributed by atoms with E-state index in [4.69, 9.17) is 4.74 Å². The van der Waals surface area contributed by atoms with Gasteiger partial charge in [-0.3, -0.25) is 4.79 Å². The van der Waals surface area contributed by atoms with Crippen molar-refractivity contribution in [2.45, 2.75) is 19.8 Å². The van der Waals surface area contributed by atoms with E-state index in [0.717, 1.165) is 28.2 Å². The molecule has 0 fully saturated rings. The van der Waals surface area contributed by atoms with Crippen molar-refractivity contribution >= 4 is 11.6 Å². The van der Waals surface area contributed by atoms with Crippen molar-refractivity contribution in [3.8, 4) is 5.75 Å². The zero-order chi connectivity index (χ0) is 19.8. The molecule has 1 N–H and O–H groups in total. The third kappa shape index (κ3) is 4.86. The lowest BCUT2D eigenvalue weighted by Gasteiger charge is -2.16. The van der Waals surface area contributed by atoms with Crippen LogP contribution in [-0.2, 0) is 4.79 Å². The summed E-state index contributed by atoms with van der Waals surface area (Å²) in [7, 11) is 0. The van der Waals surface area contributed by atoms with Crippen molar-refractivity contribution in [3.63, 3.8) is 0 Å². The maximum Gasteiger partial charge on any atom is 0.252 e. The summed E-state index contributed by atoms with van der Waals surface area (Å²) in [6.07, 6.45) is 0. The molecule has 142 valence electrons. The van der Waals surface area contributed by atoms with Crippen LogP contribution in [0, 0.1) is 0 Å². The number of amides is 1. The fourth-order valence-electron chi connectivity index (χ4n) is 3.01. The molecule has 0 aliphatic rings. The molecule has 0 aliphatic heterocycles. The molecule has 3 rings (SSSR count). The van der Waals surface area contributed by atoms with E-state index in [1.165, 1.54) is 0 Å². The third-order valence-corrected chi connectivity index (χ3v) is 4.44. The summed E-state index contributed by atoms with van der Waals surface area (Å²) in [6, 6.07) is 27.1. The molecule has 0 radical (unpaired) electrons. The second-order valence-electron chi connectivity index (χ2n) is 6.39. The molecule has 0 aromatic heterocycles. The Morgan fingerprint density at radius 2 is 1.43 bits per heavy atom. The minimum atomic E-state index is -0.417. The molecule has 0 heterocycles. The van der Waals surface area contributed by atoms with Gasteiger partial charge in [-0.2, -0.15) is 5.10 Å². The molecule has 3 aromatic rings. The van der Waals surface area contributed by atoms with Crippen LogP contribution in [0.25, 0.3) is 0 Å². The van der Waals surface area contributed by atoms with Crippen LogP contribution < -0.4 is 10.2 Å². The van der Waals surface area contributed by atoms with Crippen LogP contribution in [0.3, 0.4) is 0 Å². The van der Waals surface area contributed by atoms with E-state index in [2.05, 4.69) is 10.5 Å². The van der Waals surface area contributed by atoms with E-state index in [1.807, 2.05) is 98.8 Å². The van der Waals surface area contributed by atoms with Gasteiger partial charge in [0.05, 0.1) is 18.2 Å². The number of benzene rings is 3. The van der Waals surface area contributed by atoms with Gasteiger partial charge in [-0.25, -0.2) is 5.43 Å².